The third kappa shape index (κ3) is 2.48. The first-order valence-electron chi connectivity index (χ1n) is 6.97. The summed E-state index contributed by atoms with van der Waals surface area (Å²) in [4.78, 5) is 24.4. The number of hydrogen-bond donors (Lipinski definition) is 0. The van der Waals surface area contributed by atoms with Crippen LogP contribution >= 0.6 is 11.6 Å². The molecule has 2 aromatic carbocycles. The molecule has 0 fully saturated rings. The average molecular weight is 317 g/mol. The monoisotopic (exact) mass is 316 g/mol. The molecule has 2 aromatic rings. The Morgan fingerprint density at radius 3 is 2.64 bits per heavy atom. The Morgan fingerprint density at radius 1 is 1.23 bits per heavy atom. The van der Waals surface area contributed by atoms with Crippen LogP contribution in [0.15, 0.2) is 53.7 Å². The summed E-state index contributed by atoms with van der Waals surface area (Å²) in [7, 11) is 1.68. The minimum atomic E-state index is -0.679. The molecule has 1 aliphatic rings. The normalized spacial score (nSPS) is 21.2. The molecule has 0 bridgehead atoms. The highest BCUT2D eigenvalue weighted by atomic mass is 35.5. The Balaban J connectivity index is 2.24. The minimum Gasteiger partial charge on any atom is -0.150 e. The second kappa shape index (κ2) is 5.85. The standard InChI is InChI=1S/C16H15ClN3O2/c1-19-15-8-7-12(17)9-13(15)16(11-5-3-2-4-6-11)14(18-21)10-20(19)22/h2-9,14,16H,10H2,1H3/q+1. The summed E-state index contributed by atoms with van der Waals surface area (Å²) in [5.41, 5.74) is 2.52. The molecule has 3 rings (SSSR count). The SMILES string of the molecule is CN1c2ccc(Cl)cc2C(c2ccccc2)C(N=O)C[N+]1=O. The molecule has 0 radical (unpaired) electrons. The first-order valence-corrected chi connectivity index (χ1v) is 7.34. The van der Waals surface area contributed by atoms with Crippen LogP contribution < -0.4 is 5.01 Å². The molecule has 112 valence electrons. The van der Waals surface area contributed by atoms with Crippen molar-refractivity contribution in [1.29, 1.82) is 0 Å². The molecule has 6 heteroatoms. The first kappa shape index (κ1) is 14.7. The number of anilines is 1. The highest BCUT2D eigenvalue weighted by Gasteiger charge is 2.40. The quantitative estimate of drug-likeness (QED) is 0.626. The van der Waals surface area contributed by atoms with Crippen molar-refractivity contribution in [3.05, 3.63) is 74.5 Å². The van der Waals surface area contributed by atoms with Gasteiger partial charge in [0.15, 0.2) is 6.04 Å². The van der Waals surface area contributed by atoms with Crippen LogP contribution in [-0.4, -0.2) is 24.5 Å². The summed E-state index contributed by atoms with van der Waals surface area (Å²) in [6.07, 6.45) is 0. The van der Waals surface area contributed by atoms with Gasteiger partial charge in [0.05, 0.1) is 12.0 Å². The molecule has 0 aliphatic carbocycles. The molecule has 22 heavy (non-hydrogen) atoms. The van der Waals surface area contributed by atoms with E-state index in [4.69, 9.17) is 11.6 Å². The minimum absolute atomic E-state index is 0.00581. The van der Waals surface area contributed by atoms with Crippen molar-refractivity contribution >= 4 is 17.3 Å². The second-order valence-corrected chi connectivity index (χ2v) is 5.76. The summed E-state index contributed by atoms with van der Waals surface area (Å²) < 4.78 is 0. The van der Waals surface area contributed by atoms with Crippen LogP contribution in [0, 0.1) is 9.81 Å². The van der Waals surface area contributed by atoms with Crippen molar-refractivity contribution < 1.29 is 4.87 Å². The zero-order valence-corrected chi connectivity index (χ0v) is 12.8. The van der Waals surface area contributed by atoms with Crippen LogP contribution in [0.3, 0.4) is 0 Å². The average Bonchev–Trinajstić information content (AvgIpc) is 2.64. The third-order valence-corrected chi connectivity index (χ3v) is 4.27. The second-order valence-electron chi connectivity index (χ2n) is 5.32. The van der Waals surface area contributed by atoms with Crippen molar-refractivity contribution in [2.45, 2.75) is 12.0 Å². The van der Waals surface area contributed by atoms with E-state index in [9.17, 15) is 9.81 Å². The molecule has 1 heterocycles. The Hall–Kier alpha value is -2.27. The number of benzene rings is 2. The maximum absolute atomic E-state index is 12.2. The summed E-state index contributed by atoms with van der Waals surface area (Å²) >= 11 is 6.14. The van der Waals surface area contributed by atoms with Gasteiger partial charge in [0, 0.05) is 10.9 Å². The van der Waals surface area contributed by atoms with E-state index in [0.29, 0.717) is 5.02 Å². The smallest absolute Gasteiger partial charge is 0.150 e. The van der Waals surface area contributed by atoms with E-state index in [1.807, 2.05) is 36.4 Å². The molecule has 2 atom stereocenters. The van der Waals surface area contributed by atoms with Crippen molar-refractivity contribution in [1.82, 2.24) is 0 Å². The van der Waals surface area contributed by atoms with Gasteiger partial charge in [-0.15, -0.1) is 5.01 Å². The number of rotatable bonds is 2. The van der Waals surface area contributed by atoms with Crippen LogP contribution in [-0.2, 0) is 0 Å². The molecule has 2 unspecified atom stereocenters. The lowest BCUT2D eigenvalue weighted by Gasteiger charge is -2.19. The van der Waals surface area contributed by atoms with E-state index in [1.165, 1.54) is 5.01 Å². The van der Waals surface area contributed by atoms with E-state index in [2.05, 4.69) is 5.18 Å². The lowest BCUT2D eigenvalue weighted by Crippen LogP contribution is -2.33. The molecular formula is C16H15ClN3O2+. The number of nitroso groups, excluding NO2 is 2. The van der Waals surface area contributed by atoms with Gasteiger partial charge in [0.25, 0.3) is 6.54 Å². The zero-order valence-electron chi connectivity index (χ0n) is 12.0. The van der Waals surface area contributed by atoms with Crippen LogP contribution in [0.4, 0.5) is 5.69 Å². The van der Waals surface area contributed by atoms with E-state index in [0.717, 1.165) is 21.7 Å². The Bertz CT molecular complexity index is 721. The van der Waals surface area contributed by atoms with E-state index < -0.39 is 6.04 Å². The topological polar surface area (TPSA) is 52.8 Å². The Labute approximate surface area is 133 Å². The molecule has 0 amide bonds. The molecule has 0 N–H and O–H groups in total. The van der Waals surface area contributed by atoms with Crippen molar-refractivity contribution in [2.75, 3.05) is 18.6 Å². The van der Waals surface area contributed by atoms with E-state index in [1.54, 1.807) is 19.2 Å². The Kier molecular flexibility index (Phi) is 3.90. The maximum Gasteiger partial charge on any atom is 0.252 e. The van der Waals surface area contributed by atoms with Crippen LogP contribution in [0.1, 0.15) is 17.0 Å². The zero-order chi connectivity index (χ0) is 15.7. The number of halogens is 1. The highest BCUT2D eigenvalue weighted by Crippen LogP contribution is 2.39. The molecule has 1 aliphatic heterocycles. The predicted molar refractivity (Wildman–Crippen MR) is 86.2 cm³/mol. The van der Waals surface area contributed by atoms with Crippen LogP contribution in [0.5, 0.6) is 0 Å². The predicted octanol–water partition coefficient (Wildman–Crippen LogP) is 3.75. The van der Waals surface area contributed by atoms with Gasteiger partial charge < -0.3 is 0 Å². The van der Waals surface area contributed by atoms with Crippen LogP contribution in [0.2, 0.25) is 5.02 Å². The van der Waals surface area contributed by atoms with Gasteiger partial charge >= 0.3 is 0 Å². The highest BCUT2D eigenvalue weighted by molar-refractivity contribution is 6.30. The molecule has 0 saturated carbocycles. The van der Waals surface area contributed by atoms with Gasteiger partial charge in [-0.2, -0.15) is 4.91 Å². The molecule has 0 aromatic heterocycles. The number of hydrogen-bond acceptors (Lipinski definition) is 3. The summed E-state index contributed by atoms with van der Waals surface area (Å²) in [6, 6.07) is 14.3. The Morgan fingerprint density at radius 2 is 1.95 bits per heavy atom. The van der Waals surface area contributed by atoms with Gasteiger partial charge in [0.1, 0.15) is 10.6 Å². The lowest BCUT2D eigenvalue weighted by atomic mass is 9.85. The van der Waals surface area contributed by atoms with Crippen molar-refractivity contribution in [3.63, 3.8) is 0 Å². The molecule has 0 saturated heterocycles. The van der Waals surface area contributed by atoms with Gasteiger partial charge in [-0.05, 0) is 29.3 Å². The summed E-state index contributed by atoms with van der Waals surface area (Å²) in [5, 5.41) is 5.28. The van der Waals surface area contributed by atoms with Crippen molar-refractivity contribution in [2.24, 2.45) is 5.18 Å². The van der Waals surface area contributed by atoms with Crippen LogP contribution in [0.25, 0.3) is 0 Å². The van der Waals surface area contributed by atoms with Gasteiger partial charge in [-0.3, -0.25) is 0 Å². The number of nitrogens with zero attached hydrogens (tertiary/aromatic N) is 3. The summed E-state index contributed by atoms with van der Waals surface area (Å²) in [5.74, 6) is -0.297. The number of fused-ring (bicyclic) bond motifs is 1. The third-order valence-electron chi connectivity index (χ3n) is 4.03. The largest absolute Gasteiger partial charge is 0.252 e. The summed E-state index contributed by atoms with van der Waals surface area (Å²) in [6.45, 7) is 0.00581. The van der Waals surface area contributed by atoms with E-state index in [-0.39, 0.29) is 12.5 Å². The number of hydrazine groups is 1. The first-order chi connectivity index (χ1) is 10.6. The lowest BCUT2D eigenvalue weighted by molar-refractivity contribution is -0.559. The van der Waals surface area contributed by atoms with Gasteiger partial charge in [-0.25, -0.2) is 0 Å². The molecule has 5 nitrogen and oxygen atoms in total. The van der Waals surface area contributed by atoms with E-state index >= 15 is 0 Å². The van der Waals surface area contributed by atoms with Gasteiger partial charge in [-0.1, -0.05) is 47.1 Å². The fourth-order valence-corrected chi connectivity index (χ4v) is 3.12. The van der Waals surface area contributed by atoms with Gasteiger partial charge in [0.2, 0.25) is 0 Å². The molecule has 0 spiro atoms. The fraction of sp³-hybridized carbons (Fsp3) is 0.250. The maximum atomic E-state index is 12.2. The van der Waals surface area contributed by atoms with Crippen molar-refractivity contribution in [3.8, 4) is 0 Å². The molecular weight excluding hydrogens is 302 g/mol. The fourth-order valence-electron chi connectivity index (χ4n) is 2.94.